The third-order valence-electron chi connectivity index (χ3n) is 4.92. The van der Waals surface area contributed by atoms with E-state index in [1.165, 1.54) is 12.0 Å². The molecule has 31 heavy (non-hydrogen) atoms. The fraction of sp³-hybridized carbons (Fsp3) is 0.227. The van der Waals surface area contributed by atoms with Gasteiger partial charge in [0.25, 0.3) is 17.7 Å². The van der Waals surface area contributed by atoms with Gasteiger partial charge in [0.15, 0.2) is 5.82 Å². The summed E-state index contributed by atoms with van der Waals surface area (Å²) in [5.74, 6) is 0.303. The highest BCUT2D eigenvalue weighted by Crippen LogP contribution is 2.26. The van der Waals surface area contributed by atoms with Gasteiger partial charge < -0.3 is 14.6 Å². The Balaban J connectivity index is 1.48. The van der Waals surface area contributed by atoms with Crippen LogP contribution < -0.4 is 10.1 Å². The number of ether oxygens (including phenoxy) is 1. The van der Waals surface area contributed by atoms with Gasteiger partial charge in [-0.15, -0.1) is 0 Å². The maximum absolute atomic E-state index is 12.7. The number of hydrogen-bond acceptors (Lipinski definition) is 7. The number of benzene rings is 2. The monoisotopic (exact) mass is 420 g/mol. The Morgan fingerprint density at radius 2 is 1.84 bits per heavy atom. The number of hydrogen-bond donors (Lipinski definition) is 1. The smallest absolute Gasteiger partial charge is 0.261 e. The van der Waals surface area contributed by atoms with Gasteiger partial charge in [-0.25, -0.2) is 0 Å². The quantitative estimate of drug-likeness (QED) is 0.583. The number of carbonyl (C=O) groups excluding carboxylic acids is 3. The molecule has 0 bridgehead atoms. The lowest BCUT2D eigenvalue weighted by Gasteiger charge is -2.16. The molecule has 2 heterocycles. The number of nitrogens with one attached hydrogen (secondary N) is 1. The Hall–Kier alpha value is -4.01. The van der Waals surface area contributed by atoms with Crippen molar-refractivity contribution in [2.45, 2.75) is 19.9 Å². The molecule has 3 aromatic rings. The van der Waals surface area contributed by atoms with E-state index in [1.807, 2.05) is 0 Å². The van der Waals surface area contributed by atoms with Gasteiger partial charge in [-0.2, -0.15) is 4.98 Å². The number of aromatic nitrogens is 2. The average Bonchev–Trinajstić information content (AvgIpc) is 3.30. The van der Waals surface area contributed by atoms with Gasteiger partial charge in [-0.3, -0.25) is 19.3 Å². The topological polar surface area (TPSA) is 115 Å². The Morgan fingerprint density at radius 3 is 2.45 bits per heavy atom. The minimum atomic E-state index is -0.350. The molecule has 158 valence electrons. The SMILES string of the molecule is COc1ccc(CN2C(=O)c3ccccc3C2=O)cc1C(=O)NCCc1nc(C)no1. The molecule has 9 nitrogen and oxygen atoms in total. The second-order valence-electron chi connectivity index (χ2n) is 7.02. The van der Waals surface area contributed by atoms with Crippen LogP contribution in [0.4, 0.5) is 0 Å². The van der Waals surface area contributed by atoms with Gasteiger partial charge in [-0.05, 0) is 36.8 Å². The number of methoxy groups -OCH3 is 1. The van der Waals surface area contributed by atoms with E-state index in [9.17, 15) is 14.4 Å². The van der Waals surface area contributed by atoms with Crippen LogP contribution in [0.2, 0.25) is 0 Å². The van der Waals surface area contributed by atoms with Gasteiger partial charge in [0.2, 0.25) is 5.89 Å². The summed E-state index contributed by atoms with van der Waals surface area (Å²) in [6.07, 6.45) is 0.392. The fourth-order valence-corrected chi connectivity index (χ4v) is 3.42. The highest BCUT2D eigenvalue weighted by molar-refractivity contribution is 6.21. The first kappa shape index (κ1) is 20.3. The van der Waals surface area contributed by atoms with E-state index in [2.05, 4.69) is 15.5 Å². The number of imide groups is 1. The van der Waals surface area contributed by atoms with Crippen molar-refractivity contribution >= 4 is 17.7 Å². The summed E-state index contributed by atoms with van der Waals surface area (Å²) in [5.41, 5.74) is 1.71. The molecule has 1 aliphatic heterocycles. The number of fused-ring (bicyclic) bond motifs is 1. The lowest BCUT2D eigenvalue weighted by atomic mass is 10.1. The summed E-state index contributed by atoms with van der Waals surface area (Å²) >= 11 is 0. The Kier molecular flexibility index (Phi) is 5.48. The van der Waals surface area contributed by atoms with Crippen molar-refractivity contribution in [2.24, 2.45) is 0 Å². The van der Waals surface area contributed by atoms with E-state index >= 15 is 0 Å². The predicted octanol–water partition coefficient (Wildman–Crippen LogP) is 2.16. The summed E-state index contributed by atoms with van der Waals surface area (Å²) < 4.78 is 10.3. The number of rotatable bonds is 7. The number of amides is 3. The molecular formula is C22H20N4O5. The molecule has 1 N–H and O–H groups in total. The van der Waals surface area contributed by atoms with Crippen LogP contribution in [0.15, 0.2) is 47.0 Å². The summed E-state index contributed by atoms with van der Waals surface area (Å²) in [7, 11) is 1.47. The highest BCUT2D eigenvalue weighted by Gasteiger charge is 2.35. The molecule has 1 aromatic heterocycles. The van der Waals surface area contributed by atoms with Crippen molar-refractivity contribution in [3.8, 4) is 5.75 Å². The van der Waals surface area contributed by atoms with E-state index in [0.29, 0.717) is 52.7 Å². The second-order valence-corrected chi connectivity index (χ2v) is 7.02. The van der Waals surface area contributed by atoms with Crippen LogP contribution in [0, 0.1) is 6.92 Å². The molecule has 1 aliphatic rings. The first-order valence-corrected chi connectivity index (χ1v) is 9.67. The average molecular weight is 420 g/mol. The largest absolute Gasteiger partial charge is 0.496 e. The number of carbonyl (C=O) groups is 3. The number of aryl methyl sites for hydroxylation is 1. The van der Waals surface area contributed by atoms with E-state index < -0.39 is 0 Å². The minimum Gasteiger partial charge on any atom is -0.496 e. The maximum Gasteiger partial charge on any atom is 0.261 e. The van der Waals surface area contributed by atoms with Crippen LogP contribution >= 0.6 is 0 Å². The summed E-state index contributed by atoms with van der Waals surface area (Å²) in [6.45, 7) is 2.07. The van der Waals surface area contributed by atoms with Crippen molar-refractivity contribution in [1.29, 1.82) is 0 Å². The third-order valence-corrected chi connectivity index (χ3v) is 4.92. The molecule has 0 atom stereocenters. The van der Waals surface area contributed by atoms with Crippen molar-refractivity contribution in [3.05, 3.63) is 76.4 Å². The highest BCUT2D eigenvalue weighted by atomic mass is 16.5. The Bertz CT molecular complexity index is 1140. The molecule has 0 fully saturated rings. The Morgan fingerprint density at radius 1 is 1.13 bits per heavy atom. The molecule has 0 saturated carbocycles. The van der Waals surface area contributed by atoms with Crippen molar-refractivity contribution in [1.82, 2.24) is 20.4 Å². The van der Waals surface area contributed by atoms with Gasteiger partial charge in [0, 0.05) is 13.0 Å². The summed E-state index contributed by atoms with van der Waals surface area (Å²) in [4.78, 5) is 43.2. The van der Waals surface area contributed by atoms with Crippen LogP contribution in [0.1, 0.15) is 48.4 Å². The van der Waals surface area contributed by atoms with Gasteiger partial charge in [0.05, 0.1) is 30.3 Å². The van der Waals surface area contributed by atoms with E-state index in [0.717, 1.165) is 0 Å². The van der Waals surface area contributed by atoms with E-state index in [-0.39, 0.29) is 24.3 Å². The zero-order valence-corrected chi connectivity index (χ0v) is 17.0. The van der Waals surface area contributed by atoms with Crippen molar-refractivity contribution in [2.75, 3.05) is 13.7 Å². The first-order chi connectivity index (χ1) is 15.0. The van der Waals surface area contributed by atoms with Crippen LogP contribution in [0.25, 0.3) is 0 Å². The van der Waals surface area contributed by atoms with Crippen LogP contribution in [-0.2, 0) is 13.0 Å². The first-order valence-electron chi connectivity index (χ1n) is 9.67. The molecule has 0 aliphatic carbocycles. The second kappa shape index (κ2) is 8.39. The van der Waals surface area contributed by atoms with E-state index in [4.69, 9.17) is 9.26 Å². The molecule has 2 aromatic carbocycles. The third kappa shape index (κ3) is 4.02. The van der Waals surface area contributed by atoms with Crippen molar-refractivity contribution < 1.29 is 23.6 Å². The number of nitrogens with zero attached hydrogens (tertiary/aromatic N) is 3. The Labute approximate surface area is 178 Å². The van der Waals surface area contributed by atoms with Crippen molar-refractivity contribution in [3.63, 3.8) is 0 Å². The minimum absolute atomic E-state index is 0.0535. The predicted molar refractivity (Wildman–Crippen MR) is 109 cm³/mol. The standard InChI is InChI=1S/C22H20N4O5/c1-13-24-19(31-25-13)9-10-23-20(27)17-11-14(7-8-18(17)30-2)12-26-21(28)15-5-3-4-6-16(15)22(26)29/h3-8,11H,9-10,12H2,1-2H3,(H,23,27). The summed E-state index contributed by atoms with van der Waals surface area (Å²) in [6, 6.07) is 11.7. The maximum atomic E-state index is 12.7. The molecule has 9 heteroatoms. The molecule has 0 radical (unpaired) electrons. The van der Waals surface area contributed by atoms with Crippen LogP contribution in [-0.4, -0.2) is 46.4 Å². The normalized spacial score (nSPS) is 12.8. The van der Waals surface area contributed by atoms with Gasteiger partial charge in [0.1, 0.15) is 5.75 Å². The molecule has 0 unspecified atom stereocenters. The van der Waals surface area contributed by atoms with Gasteiger partial charge in [-0.1, -0.05) is 23.4 Å². The summed E-state index contributed by atoms with van der Waals surface area (Å²) in [5, 5.41) is 6.50. The zero-order chi connectivity index (χ0) is 22.0. The molecule has 3 amide bonds. The molecule has 4 rings (SSSR count). The molecule has 0 spiro atoms. The van der Waals surface area contributed by atoms with Crippen LogP contribution in [0.3, 0.4) is 0 Å². The fourth-order valence-electron chi connectivity index (χ4n) is 3.42. The lowest BCUT2D eigenvalue weighted by molar-refractivity contribution is 0.0642. The lowest BCUT2D eigenvalue weighted by Crippen LogP contribution is -2.29. The van der Waals surface area contributed by atoms with Crippen LogP contribution in [0.5, 0.6) is 5.75 Å². The molecular weight excluding hydrogens is 400 g/mol. The zero-order valence-electron chi connectivity index (χ0n) is 17.0. The molecule has 0 saturated heterocycles. The van der Waals surface area contributed by atoms with Gasteiger partial charge >= 0.3 is 0 Å². The van der Waals surface area contributed by atoms with E-state index in [1.54, 1.807) is 49.4 Å².